The largest absolute Gasteiger partial charge is 0.360 e. The first-order valence-electron chi connectivity index (χ1n) is 6.18. The van der Waals surface area contributed by atoms with Gasteiger partial charge in [-0.3, -0.25) is 4.79 Å². The van der Waals surface area contributed by atoms with E-state index in [2.05, 4.69) is 10.5 Å². The molecule has 0 bridgehead atoms. The predicted octanol–water partition coefficient (Wildman–Crippen LogP) is 1.07. The third-order valence-corrected chi connectivity index (χ3v) is 2.83. The van der Waals surface area contributed by atoms with Crippen molar-refractivity contribution < 1.29 is 14.1 Å². The molecule has 1 aromatic heterocycles. The Morgan fingerprint density at radius 1 is 1.47 bits per heavy atom. The fraction of sp³-hybridized carbons (Fsp3) is 0.583. The van der Waals surface area contributed by atoms with Gasteiger partial charge in [0.05, 0.1) is 0 Å². The van der Waals surface area contributed by atoms with Crippen molar-refractivity contribution in [2.75, 3.05) is 26.0 Å². The molecule has 1 aliphatic rings. The summed E-state index contributed by atoms with van der Waals surface area (Å²) in [4.78, 5) is 26.9. The van der Waals surface area contributed by atoms with Gasteiger partial charge in [0.15, 0.2) is 5.82 Å². The summed E-state index contributed by atoms with van der Waals surface area (Å²) in [5.41, 5.74) is 0. The van der Waals surface area contributed by atoms with Crippen molar-refractivity contribution in [3.05, 3.63) is 11.8 Å². The quantitative estimate of drug-likeness (QED) is 0.884. The van der Waals surface area contributed by atoms with E-state index in [-0.39, 0.29) is 24.5 Å². The molecule has 0 aliphatic heterocycles. The smallest absolute Gasteiger partial charge is 0.320 e. The zero-order valence-electron chi connectivity index (χ0n) is 11.3. The van der Waals surface area contributed by atoms with Crippen LogP contribution in [0.15, 0.2) is 10.6 Å². The molecule has 1 saturated carbocycles. The molecule has 0 unspecified atom stereocenters. The molecule has 1 aromatic rings. The fourth-order valence-corrected chi connectivity index (χ4v) is 1.76. The molecule has 3 amide bonds. The van der Waals surface area contributed by atoms with Gasteiger partial charge < -0.3 is 19.6 Å². The Morgan fingerprint density at radius 3 is 2.63 bits per heavy atom. The number of nitrogens with zero attached hydrogens (tertiary/aromatic N) is 3. The molecule has 2 rings (SSSR count). The summed E-state index contributed by atoms with van der Waals surface area (Å²) < 4.78 is 4.86. The van der Waals surface area contributed by atoms with Gasteiger partial charge in [0, 0.05) is 26.2 Å². The van der Waals surface area contributed by atoms with Crippen LogP contribution in [0.2, 0.25) is 0 Å². The molecule has 1 heterocycles. The van der Waals surface area contributed by atoms with Crippen molar-refractivity contribution in [2.45, 2.75) is 25.8 Å². The van der Waals surface area contributed by atoms with E-state index in [1.165, 1.54) is 4.90 Å². The van der Waals surface area contributed by atoms with Crippen molar-refractivity contribution in [1.82, 2.24) is 15.0 Å². The van der Waals surface area contributed by atoms with Crippen LogP contribution in [-0.2, 0) is 4.79 Å². The minimum absolute atomic E-state index is 0.0353. The lowest BCUT2D eigenvalue weighted by atomic mass is 10.4. The number of aromatic nitrogens is 1. The maximum atomic E-state index is 12.0. The Balaban J connectivity index is 1.93. The minimum Gasteiger partial charge on any atom is -0.360 e. The summed E-state index contributed by atoms with van der Waals surface area (Å²) in [7, 11) is 3.35. The van der Waals surface area contributed by atoms with Gasteiger partial charge in [0.25, 0.3) is 0 Å². The number of amides is 3. The molecule has 0 radical (unpaired) electrons. The lowest BCUT2D eigenvalue weighted by Gasteiger charge is -2.25. The molecule has 104 valence electrons. The van der Waals surface area contributed by atoms with Gasteiger partial charge in [-0.15, -0.1) is 0 Å². The van der Waals surface area contributed by atoms with Crippen LogP contribution in [0.4, 0.5) is 10.6 Å². The second-order valence-electron chi connectivity index (χ2n) is 4.91. The third-order valence-electron chi connectivity index (χ3n) is 2.83. The number of anilines is 1. The molecular formula is C12H18N4O3. The minimum atomic E-state index is -0.268. The number of urea groups is 1. The van der Waals surface area contributed by atoms with E-state index in [0.29, 0.717) is 11.6 Å². The van der Waals surface area contributed by atoms with Crippen molar-refractivity contribution in [3.8, 4) is 0 Å². The molecule has 1 aliphatic carbocycles. The molecule has 19 heavy (non-hydrogen) atoms. The van der Waals surface area contributed by atoms with Crippen molar-refractivity contribution in [3.63, 3.8) is 0 Å². The first kappa shape index (κ1) is 13.4. The first-order chi connectivity index (χ1) is 8.97. The Morgan fingerprint density at radius 2 is 2.16 bits per heavy atom. The van der Waals surface area contributed by atoms with E-state index in [4.69, 9.17) is 4.52 Å². The number of hydrogen-bond donors (Lipinski definition) is 1. The molecule has 1 N–H and O–H groups in total. The number of hydrogen-bond acceptors (Lipinski definition) is 4. The Labute approximate surface area is 111 Å². The molecule has 0 aromatic carbocycles. The Bertz CT molecular complexity index is 479. The number of rotatable bonds is 4. The van der Waals surface area contributed by atoms with Gasteiger partial charge >= 0.3 is 6.03 Å². The van der Waals surface area contributed by atoms with E-state index in [1.807, 2.05) is 0 Å². The van der Waals surface area contributed by atoms with Gasteiger partial charge in [-0.05, 0) is 19.8 Å². The van der Waals surface area contributed by atoms with Crippen molar-refractivity contribution in [1.29, 1.82) is 0 Å². The summed E-state index contributed by atoms with van der Waals surface area (Å²) >= 11 is 0. The van der Waals surface area contributed by atoms with Crippen LogP contribution in [0.3, 0.4) is 0 Å². The van der Waals surface area contributed by atoms with Crippen molar-refractivity contribution >= 4 is 17.8 Å². The maximum Gasteiger partial charge on any atom is 0.320 e. The van der Waals surface area contributed by atoms with Crippen molar-refractivity contribution in [2.24, 2.45) is 0 Å². The predicted molar refractivity (Wildman–Crippen MR) is 68.7 cm³/mol. The average molecular weight is 266 g/mol. The van der Waals surface area contributed by atoms with Crippen LogP contribution in [0.25, 0.3) is 0 Å². The fourth-order valence-electron chi connectivity index (χ4n) is 1.76. The summed E-state index contributed by atoms with van der Waals surface area (Å²) in [6.07, 6.45) is 1.91. The average Bonchev–Trinajstić information content (AvgIpc) is 3.10. The highest BCUT2D eigenvalue weighted by Gasteiger charge is 2.34. The second-order valence-corrected chi connectivity index (χ2v) is 4.91. The van der Waals surface area contributed by atoms with Gasteiger partial charge in [-0.1, -0.05) is 5.16 Å². The summed E-state index contributed by atoms with van der Waals surface area (Å²) in [6.45, 7) is 1.78. The topological polar surface area (TPSA) is 78.7 Å². The van der Waals surface area contributed by atoms with E-state index in [9.17, 15) is 9.59 Å². The van der Waals surface area contributed by atoms with Gasteiger partial charge in [0.1, 0.15) is 12.3 Å². The van der Waals surface area contributed by atoms with E-state index >= 15 is 0 Å². The third kappa shape index (κ3) is 3.46. The normalized spacial score (nSPS) is 14.1. The monoisotopic (exact) mass is 266 g/mol. The van der Waals surface area contributed by atoms with Crippen LogP contribution < -0.4 is 5.32 Å². The summed E-state index contributed by atoms with van der Waals surface area (Å²) in [5, 5.41) is 6.30. The van der Waals surface area contributed by atoms with Crippen LogP contribution in [0.5, 0.6) is 0 Å². The first-order valence-corrected chi connectivity index (χ1v) is 6.18. The SMILES string of the molecule is Cc1cc(NC(=O)CN(C(=O)N(C)C)C2CC2)no1. The molecule has 0 spiro atoms. The van der Waals surface area contributed by atoms with Crippen LogP contribution in [0.1, 0.15) is 18.6 Å². The highest BCUT2D eigenvalue weighted by molar-refractivity contribution is 5.93. The molecule has 7 nitrogen and oxygen atoms in total. The highest BCUT2D eigenvalue weighted by Crippen LogP contribution is 2.27. The molecule has 7 heteroatoms. The Kier molecular flexibility index (Phi) is 3.73. The zero-order valence-corrected chi connectivity index (χ0v) is 11.3. The number of aryl methyl sites for hydroxylation is 1. The molecule has 0 atom stereocenters. The van der Waals surface area contributed by atoms with Crippen LogP contribution in [-0.4, -0.2) is 53.6 Å². The Hall–Kier alpha value is -2.05. The van der Waals surface area contributed by atoms with E-state index < -0.39 is 0 Å². The standard InChI is InChI=1S/C12H18N4O3/c1-8-6-10(14-19-8)13-11(17)7-16(9-4-5-9)12(18)15(2)3/h6,9H,4-5,7H2,1-3H3,(H,13,14,17). The van der Waals surface area contributed by atoms with Crippen LogP contribution in [0, 0.1) is 6.92 Å². The number of nitrogens with one attached hydrogen (secondary N) is 1. The molecule has 0 saturated heterocycles. The van der Waals surface area contributed by atoms with Crippen LogP contribution >= 0.6 is 0 Å². The lowest BCUT2D eigenvalue weighted by molar-refractivity contribution is -0.117. The summed E-state index contributed by atoms with van der Waals surface area (Å²) in [6, 6.07) is 1.67. The lowest BCUT2D eigenvalue weighted by Crippen LogP contribution is -2.44. The number of carbonyl (C=O) groups excluding carboxylic acids is 2. The highest BCUT2D eigenvalue weighted by atomic mass is 16.5. The molecule has 1 fully saturated rings. The number of carbonyl (C=O) groups is 2. The zero-order chi connectivity index (χ0) is 14.0. The maximum absolute atomic E-state index is 12.0. The van der Waals surface area contributed by atoms with E-state index in [1.54, 1.807) is 32.0 Å². The second kappa shape index (κ2) is 5.29. The van der Waals surface area contributed by atoms with Gasteiger partial charge in [-0.2, -0.15) is 0 Å². The molecular weight excluding hydrogens is 248 g/mol. The van der Waals surface area contributed by atoms with Gasteiger partial charge in [-0.25, -0.2) is 4.79 Å². The summed E-state index contributed by atoms with van der Waals surface area (Å²) in [5.74, 6) is 0.727. The van der Waals surface area contributed by atoms with Gasteiger partial charge in [0.2, 0.25) is 5.91 Å². The van der Waals surface area contributed by atoms with E-state index in [0.717, 1.165) is 12.8 Å².